The number of rotatable bonds is 89. The zero-order valence-electron chi connectivity index (χ0n) is 74.8. The van der Waals surface area contributed by atoms with Crippen LogP contribution in [0, 0.1) is 21.7 Å². The smallest absolute Gasteiger partial charge is 0.305 e. The summed E-state index contributed by atoms with van der Waals surface area (Å²) in [6.45, 7) is 18.5. The molecule has 0 aromatic rings. The van der Waals surface area contributed by atoms with Gasteiger partial charge in [0.05, 0.1) is 12.0 Å². The Morgan fingerprint density at radius 3 is 0.676 bits per heavy atom. The van der Waals surface area contributed by atoms with Crippen molar-refractivity contribution in [3.8, 4) is 0 Å². The number of carbonyl (C=O) groups excluding carboxylic acids is 9. The summed E-state index contributed by atoms with van der Waals surface area (Å²) in [5, 5.41) is 19.2. The Labute approximate surface area is 685 Å². The summed E-state index contributed by atoms with van der Waals surface area (Å²) >= 11 is 0. The number of carbonyl (C=O) groups is 9. The number of aliphatic hydroxyl groups is 2. The second-order valence-electron chi connectivity index (χ2n) is 34.5. The number of unbranched alkanes of at least 4 members (excludes halogenated alkanes) is 54. The van der Waals surface area contributed by atoms with E-state index in [0.717, 1.165) is 270 Å². The molecule has 0 spiro atoms. The highest BCUT2D eigenvalue weighted by molar-refractivity contribution is 6.34. The van der Waals surface area contributed by atoms with Crippen molar-refractivity contribution in [1.29, 1.82) is 0 Å². The van der Waals surface area contributed by atoms with Crippen molar-refractivity contribution in [2.24, 2.45) is 21.7 Å². The van der Waals surface area contributed by atoms with E-state index in [0.29, 0.717) is 128 Å². The Morgan fingerprint density at radius 1 is 0.243 bits per heavy atom. The van der Waals surface area contributed by atoms with Gasteiger partial charge >= 0.3 is 5.97 Å². The topological polar surface area (TPSA) is 203 Å². The second-order valence-corrected chi connectivity index (χ2v) is 34.5. The zero-order chi connectivity index (χ0) is 82.2. The normalized spacial score (nSPS) is 12.9. The summed E-state index contributed by atoms with van der Waals surface area (Å²) in [6, 6.07) is 0. The van der Waals surface area contributed by atoms with Crippen LogP contribution in [0.5, 0.6) is 0 Å². The van der Waals surface area contributed by atoms with Crippen LogP contribution in [0.2, 0.25) is 0 Å². The van der Waals surface area contributed by atoms with E-state index in [1.807, 2.05) is 6.92 Å². The van der Waals surface area contributed by atoms with E-state index < -0.39 is 86.6 Å². The summed E-state index contributed by atoms with van der Waals surface area (Å²) in [6.07, 6.45) is 48.4. The number of ether oxygens (including phenoxy) is 1. The zero-order valence-corrected chi connectivity index (χ0v) is 74.8. The predicted octanol–water partition coefficient (Wildman–Crippen LogP) is 28.4. The third kappa shape index (κ3) is 42.1. The molecule has 0 rings (SSSR count). The van der Waals surface area contributed by atoms with Crippen LogP contribution in [-0.4, -0.2) is 81.8 Å². The lowest BCUT2D eigenvalue weighted by atomic mass is 9.33. The van der Waals surface area contributed by atoms with Crippen LogP contribution in [0.25, 0.3) is 0 Å². The lowest BCUT2D eigenvalue weighted by Crippen LogP contribution is -2.77. The fourth-order valence-corrected chi connectivity index (χ4v) is 18.5. The average molecular weight is 1560 g/mol. The SMILES string of the molecule is CCCCCCCCCC(=O)C(CC)(C(=O)CCCCCCCCC)C(CCCCCCCCCC(=O)OCC(O)CO)(C(=O)CCCCCCCCC)C(C(=O)CCCCCCCCC)(C(=O)CCCCCCCCC)C(C(=O)CCCCCCCCC)(C(=O)CCCCCCCCC)C(=O)CCCCCCCCC. The van der Waals surface area contributed by atoms with Gasteiger partial charge in [0.15, 0.2) is 22.8 Å². The van der Waals surface area contributed by atoms with Gasteiger partial charge in [0.2, 0.25) is 0 Å². The highest BCUT2D eigenvalue weighted by Gasteiger charge is 2.83. The van der Waals surface area contributed by atoms with Crippen LogP contribution in [0.3, 0.4) is 0 Å². The Hall–Kier alpha value is -3.25. The molecule has 0 saturated carbocycles. The molecule has 0 aliphatic carbocycles. The van der Waals surface area contributed by atoms with E-state index in [-0.39, 0.29) is 83.7 Å². The molecule has 0 saturated heterocycles. The third-order valence-corrected chi connectivity index (χ3v) is 25.1. The molecule has 650 valence electrons. The van der Waals surface area contributed by atoms with Gasteiger partial charge in [-0.25, -0.2) is 0 Å². The van der Waals surface area contributed by atoms with Crippen LogP contribution in [0.15, 0.2) is 0 Å². The van der Waals surface area contributed by atoms with Crippen molar-refractivity contribution in [3.63, 3.8) is 0 Å². The van der Waals surface area contributed by atoms with E-state index >= 15 is 38.4 Å². The van der Waals surface area contributed by atoms with Crippen molar-refractivity contribution in [3.05, 3.63) is 0 Å². The van der Waals surface area contributed by atoms with Gasteiger partial charge in [-0.2, -0.15) is 0 Å². The summed E-state index contributed by atoms with van der Waals surface area (Å²) in [5.41, 5.74) is -11.0. The quantitative estimate of drug-likeness (QED) is 0.0332. The number of ketones is 8. The first-order valence-electron chi connectivity index (χ1n) is 48.7. The summed E-state index contributed by atoms with van der Waals surface area (Å²) < 4.78 is 5.22. The highest BCUT2D eigenvalue weighted by Crippen LogP contribution is 2.69. The first-order chi connectivity index (χ1) is 54.0. The maximum atomic E-state index is 18.5. The summed E-state index contributed by atoms with van der Waals surface area (Å²) in [5.74, 6) is -5.57. The molecule has 111 heavy (non-hydrogen) atoms. The largest absolute Gasteiger partial charge is 0.463 e. The van der Waals surface area contributed by atoms with Gasteiger partial charge in [0, 0.05) is 57.8 Å². The van der Waals surface area contributed by atoms with Gasteiger partial charge in [0.25, 0.3) is 0 Å². The van der Waals surface area contributed by atoms with Crippen LogP contribution in [0.4, 0.5) is 0 Å². The van der Waals surface area contributed by atoms with E-state index in [1.165, 1.54) is 0 Å². The van der Waals surface area contributed by atoms with Gasteiger partial charge < -0.3 is 14.9 Å². The Balaban J connectivity index is 10.8. The first-order valence-corrected chi connectivity index (χ1v) is 48.7. The summed E-state index contributed by atoms with van der Waals surface area (Å²) in [4.78, 5) is 157. The first kappa shape index (κ1) is 108. The molecule has 0 bridgehead atoms. The summed E-state index contributed by atoms with van der Waals surface area (Å²) in [7, 11) is 0. The van der Waals surface area contributed by atoms with Crippen LogP contribution < -0.4 is 0 Å². The van der Waals surface area contributed by atoms with Crippen molar-refractivity contribution in [1.82, 2.24) is 0 Å². The van der Waals surface area contributed by atoms with Gasteiger partial charge in [-0.3, -0.25) is 43.2 Å². The van der Waals surface area contributed by atoms with E-state index in [2.05, 4.69) is 55.4 Å². The van der Waals surface area contributed by atoms with Crippen molar-refractivity contribution in [2.75, 3.05) is 13.2 Å². The van der Waals surface area contributed by atoms with Crippen LogP contribution in [-0.2, 0) is 47.9 Å². The molecular weight excluding hydrogens is 1380 g/mol. The van der Waals surface area contributed by atoms with Crippen molar-refractivity contribution in [2.45, 2.75) is 544 Å². The lowest BCUT2D eigenvalue weighted by molar-refractivity contribution is -0.201. The monoisotopic (exact) mass is 1560 g/mol. The number of aliphatic hydroxyl groups excluding tert-OH is 2. The Morgan fingerprint density at radius 2 is 0.441 bits per heavy atom. The average Bonchev–Trinajstić information content (AvgIpc) is 0.658. The fraction of sp³-hybridized carbons (Fsp3) is 0.909. The van der Waals surface area contributed by atoms with E-state index in [9.17, 15) is 15.0 Å². The van der Waals surface area contributed by atoms with Gasteiger partial charge in [-0.15, -0.1) is 0 Å². The number of hydrogen-bond acceptors (Lipinski definition) is 12. The molecule has 0 aromatic carbocycles. The Bertz CT molecular complexity index is 2190. The molecule has 0 fully saturated rings. The molecule has 0 heterocycles. The molecule has 12 nitrogen and oxygen atoms in total. The van der Waals surface area contributed by atoms with Gasteiger partial charge in [-0.1, -0.05) is 409 Å². The van der Waals surface area contributed by atoms with Crippen LogP contribution >= 0.6 is 0 Å². The van der Waals surface area contributed by atoms with E-state index in [4.69, 9.17) is 4.74 Å². The second kappa shape index (κ2) is 73.1. The molecule has 0 radical (unpaired) electrons. The number of esters is 1. The standard InChI is InChI=1S/C99H182O12/c1-10-19-27-35-44-54-64-74-87(102)96(18-9,88(103)75-65-55-45-36-28-20-11-2)97(89(104)76-66-56-46-37-29-21-12-3,83-73-63-53-43-52-62-72-82-95(110)111-85-86(101)84-100)99(93(108)80-70-60-50-41-33-25-16-7,94(109)81-71-61-51-42-34-26-17-8)98(90(105)77-67-57-47-38-30-22-13-4,91(106)78-68-58-48-39-31-23-14-5)92(107)79-69-59-49-40-32-24-15-6/h86,100-101H,10-85H2,1-9H3. The molecule has 2 unspecified atom stereocenters. The van der Waals surface area contributed by atoms with Crippen LogP contribution in [0.1, 0.15) is 537 Å². The molecule has 0 aliphatic rings. The van der Waals surface area contributed by atoms with Crippen molar-refractivity contribution < 1.29 is 58.1 Å². The maximum absolute atomic E-state index is 18.5. The van der Waals surface area contributed by atoms with Gasteiger partial charge in [-0.05, 0) is 70.6 Å². The molecule has 0 aromatic heterocycles. The molecule has 2 atom stereocenters. The minimum atomic E-state index is -3.04. The number of Topliss-reactive ketones (excluding diaryl/α,β-unsaturated/α-hetero) is 8. The molecular formula is C99H182O12. The minimum absolute atomic E-state index is 0.0860. The fourth-order valence-electron chi connectivity index (χ4n) is 18.5. The van der Waals surface area contributed by atoms with E-state index in [1.54, 1.807) is 0 Å². The minimum Gasteiger partial charge on any atom is -0.463 e. The third-order valence-electron chi connectivity index (χ3n) is 25.1. The molecule has 0 amide bonds. The highest BCUT2D eigenvalue weighted by atomic mass is 16.5. The molecule has 0 aliphatic heterocycles. The maximum Gasteiger partial charge on any atom is 0.305 e. The van der Waals surface area contributed by atoms with Gasteiger partial charge in [0.1, 0.15) is 52.5 Å². The number of hydrogen-bond donors (Lipinski definition) is 2. The predicted molar refractivity (Wildman–Crippen MR) is 467 cm³/mol. The molecule has 12 heteroatoms. The Kier molecular flexibility index (Phi) is 71.0. The lowest BCUT2D eigenvalue weighted by Gasteiger charge is -2.61. The van der Waals surface area contributed by atoms with Crippen molar-refractivity contribution >= 4 is 52.2 Å². The molecule has 2 N–H and O–H groups in total.